The SMILES string of the molecule is CCCN1C(=O)C2(CCCC2)N=C1c1ccc(F)cc1. The molecule has 0 atom stereocenters. The standard InChI is InChI=1S/C16H19FN2O/c1-2-11-19-14(12-5-7-13(17)8-6-12)18-16(15(19)20)9-3-4-10-16/h5-8H,2-4,9-11H2,1H3. The Kier molecular flexibility index (Phi) is 3.32. The maximum atomic E-state index is 13.1. The van der Waals surface area contributed by atoms with Crippen LogP contribution in [0.2, 0.25) is 0 Å². The van der Waals surface area contributed by atoms with E-state index in [0.717, 1.165) is 43.5 Å². The Morgan fingerprint density at radius 2 is 1.90 bits per heavy atom. The second-order valence-corrected chi connectivity index (χ2v) is 5.64. The van der Waals surface area contributed by atoms with E-state index < -0.39 is 5.54 Å². The van der Waals surface area contributed by atoms with Crippen molar-refractivity contribution in [3.8, 4) is 0 Å². The average Bonchev–Trinajstić information content (AvgIpc) is 3.02. The first kappa shape index (κ1) is 13.3. The van der Waals surface area contributed by atoms with Crippen molar-refractivity contribution in [3.63, 3.8) is 0 Å². The summed E-state index contributed by atoms with van der Waals surface area (Å²) in [6.07, 6.45) is 4.70. The average molecular weight is 274 g/mol. The number of amides is 1. The Labute approximate surface area is 118 Å². The molecule has 2 aliphatic rings. The summed E-state index contributed by atoms with van der Waals surface area (Å²) < 4.78 is 13.1. The molecule has 1 heterocycles. The van der Waals surface area contributed by atoms with E-state index in [4.69, 9.17) is 4.99 Å². The highest BCUT2D eigenvalue weighted by atomic mass is 19.1. The molecule has 1 saturated carbocycles. The van der Waals surface area contributed by atoms with Gasteiger partial charge in [-0.3, -0.25) is 14.7 Å². The van der Waals surface area contributed by atoms with Crippen molar-refractivity contribution in [2.24, 2.45) is 4.99 Å². The fourth-order valence-electron chi connectivity index (χ4n) is 3.19. The first-order chi connectivity index (χ1) is 9.66. The van der Waals surface area contributed by atoms with Crippen LogP contribution in [0.5, 0.6) is 0 Å². The molecule has 0 aromatic heterocycles. The van der Waals surface area contributed by atoms with Crippen LogP contribution in [-0.4, -0.2) is 28.7 Å². The Balaban J connectivity index is 2.01. The van der Waals surface area contributed by atoms with Gasteiger partial charge in [-0.1, -0.05) is 19.8 Å². The van der Waals surface area contributed by atoms with Crippen LogP contribution in [-0.2, 0) is 4.79 Å². The molecular weight excluding hydrogens is 255 g/mol. The number of halogens is 1. The van der Waals surface area contributed by atoms with Gasteiger partial charge in [0.1, 0.15) is 17.2 Å². The summed E-state index contributed by atoms with van der Waals surface area (Å²) in [5.41, 5.74) is 0.302. The third-order valence-corrected chi connectivity index (χ3v) is 4.20. The first-order valence-corrected chi connectivity index (χ1v) is 7.34. The van der Waals surface area contributed by atoms with Crippen LogP contribution in [0.4, 0.5) is 4.39 Å². The van der Waals surface area contributed by atoms with Gasteiger partial charge in [-0.05, 0) is 43.5 Å². The van der Waals surface area contributed by atoms with Gasteiger partial charge in [0.25, 0.3) is 5.91 Å². The zero-order valence-electron chi connectivity index (χ0n) is 11.7. The van der Waals surface area contributed by atoms with Gasteiger partial charge >= 0.3 is 0 Å². The highest BCUT2D eigenvalue weighted by Gasteiger charge is 2.49. The topological polar surface area (TPSA) is 32.7 Å². The lowest BCUT2D eigenvalue weighted by atomic mass is 9.98. The van der Waals surface area contributed by atoms with Gasteiger partial charge in [-0.25, -0.2) is 4.39 Å². The summed E-state index contributed by atoms with van der Waals surface area (Å²) in [5.74, 6) is 0.589. The van der Waals surface area contributed by atoms with E-state index in [1.165, 1.54) is 12.1 Å². The number of aliphatic imine (C=N–C) groups is 1. The maximum Gasteiger partial charge on any atom is 0.256 e. The largest absolute Gasteiger partial charge is 0.294 e. The molecule has 0 unspecified atom stereocenters. The van der Waals surface area contributed by atoms with Crippen LogP contribution in [0.15, 0.2) is 29.3 Å². The zero-order valence-corrected chi connectivity index (χ0v) is 11.7. The van der Waals surface area contributed by atoms with E-state index in [0.29, 0.717) is 6.54 Å². The van der Waals surface area contributed by atoms with Crippen molar-refractivity contribution in [2.45, 2.75) is 44.6 Å². The molecule has 1 spiro atoms. The van der Waals surface area contributed by atoms with E-state index in [2.05, 4.69) is 6.92 Å². The smallest absolute Gasteiger partial charge is 0.256 e. The molecule has 1 aromatic rings. The molecule has 0 bridgehead atoms. The van der Waals surface area contributed by atoms with Crippen LogP contribution >= 0.6 is 0 Å². The van der Waals surface area contributed by atoms with Gasteiger partial charge in [-0.2, -0.15) is 0 Å². The summed E-state index contributed by atoms with van der Waals surface area (Å²) in [5, 5.41) is 0. The first-order valence-electron chi connectivity index (χ1n) is 7.34. The van der Waals surface area contributed by atoms with E-state index in [1.807, 2.05) is 0 Å². The molecule has 1 aliphatic carbocycles. The Morgan fingerprint density at radius 1 is 1.25 bits per heavy atom. The van der Waals surface area contributed by atoms with Crippen molar-refractivity contribution in [3.05, 3.63) is 35.6 Å². The Bertz CT molecular complexity index is 544. The molecule has 1 aliphatic heterocycles. The number of benzene rings is 1. The molecule has 0 saturated heterocycles. The van der Waals surface area contributed by atoms with Gasteiger partial charge in [-0.15, -0.1) is 0 Å². The van der Waals surface area contributed by atoms with E-state index in [-0.39, 0.29) is 11.7 Å². The van der Waals surface area contributed by atoms with Crippen molar-refractivity contribution < 1.29 is 9.18 Å². The molecule has 3 nitrogen and oxygen atoms in total. The van der Waals surface area contributed by atoms with Gasteiger partial charge in [0, 0.05) is 12.1 Å². The summed E-state index contributed by atoms with van der Waals surface area (Å²) in [6.45, 7) is 2.73. The lowest BCUT2D eigenvalue weighted by Gasteiger charge is -2.21. The minimum Gasteiger partial charge on any atom is -0.294 e. The number of hydrogen-bond acceptors (Lipinski definition) is 2. The van der Waals surface area contributed by atoms with Crippen molar-refractivity contribution in [1.29, 1.82) is 0 Å². The second kappa shape index (κ2) is 5.00. The molecular formula is C16H19FN2O. The Hall–Kier alpha value is -1.71. The lowest BCUT2D eigenvalue weighted by molar-refractivity contribution is -0.131. The van der Waals surface area contributed by atoms with Crippen LogP contribution in [0.3, 0.4) is 0 Å². The molecule has 20 heavy (non-hydrogen) atoms. The third-order valence-electron chi connectivity index (χ3n) is 4.20. The molecule has 106 valence electrons. The van der Waals surface area contributed by atoms with Crippen molar-refractivity contribution >= 4 is 11.7 Å². The van der Waals surface area contributed by atoms with Crippen LogP contribution < -0.4 is 0 Å². The fourth-order valence-corrected chi connectivity index (χ4v) is 3.19. The molecule has 3 rings (SSSR count). The van der Waals surface area contributed by atoms with Gasteiger partial charge < -0.3 is 0 Å². The van der Waals surface area contributed by atoms with E-state index in [1.54, 1.807) is 17.0 Å². The van der Waals surface area contributed by atoms with Crippen LogP contribution in [0.1, 0.15) is 44.6 Å². The van der Waals surface area contributed by atoms with Gasteiger partial charge in [0.2, 0.25) is 0 Å². The third kappa shape index (κ3) is 2.03. The summed E-state index contributed by atoms with van der Waals surface area (Å²) in [6, 6.07) is 6.26. The number of amidine groups is 1. The van der Waals surface area contributed by atoms with Crippen molar-refractivity contribution in [2.75, 3.05) is 6.54 Å². The number of carbonyl (C=O) groups is 1. The highest BCUT2D eigenvalue weighted by Crippen LogP contribution is 2.39. The molecule has 0 N–H and O–H groups in total. The normalized spacial score (nSPS) is 20.8. The minimum absolute atomic E-state index is 0.135. The zero-order chi connectivity index (χ0) is 14.2. The predicted octanol–water partition coefficient (Wildman–Crippen LogP) is 3.14. The lowest BCUT2D eigenvalue weighted by Crippen LogP contribution is -2.41. The molecule has 1 amide bonds. The summed E-state index contributed by atoms with van der Waals surface area (Å²) >= 11 is 0. The molecule has 1 fully saturated rings. The van der Waals surface area contributed by atoms with Crippen molar-refractivity contribution in [1.82, 2.24) is 4.90 Å². The molecule has 1 aromatic carbocycles. The van der Waals surface area contributed by atoms with E-state index in [9.17, 15) is 9.18 Å². The molecule has 0 radical (unpaired) electrons. The summed E-state index contributed by atoms with van der Waals surface area (Å²) in [7, 11) is 0. The maximum absolute atomic E-state index is 13.1. The van der Waals surface area contributed by atoms with Gasteiger partial charge in [0.05, 0.1) is 0 Å². The predicted molar refractivity (Wildman–Crippen MR) is 76.1 cm³/mol. The summed E-state index contributed by atoms with van der Waals surface area (Å²) in [4.78, 5) is 19.3. The highest BCUT2D eigenvalue weighted by molar-refractivity contribution is 6.15. The van der Waals surface area contributed by atoms with Crippen LogP contribution in [0.25, 0.3) is 0 Å². The minimum atomic E-state index is -0.529. The fraction of sp³-hybridized carbons (Fsp3) is 0.500. The number of rotatable bonds is 3. The van der Waals surface area contributed by atoms with Gasteiger partial charge in [0.15, 0.2) is 0 Å². The quantitative estimate of drug-likeness (QED) is 0.833. The number of hydrogen-bond donors (Lipinski definition) is 0. The molecule has 4 heteroatoms. The second-order valence-electron chi connectivity index (χ2n) is 5.64. The number of carbonyl (C=O) groups excluding carboxylic acids is 1. The monoisotopic (exact) mass is 274 g/mol. The van der Waals surface area contributed by atoms with E-state index >= 15 is 0 Å². The Morgan fingerprint density at radius 3 is 2.50 bits per heavy atom. The number of nitrogens with zero attached hydrogens (tertiary/aromatic N) is 2. The van der Waals surface area contributed by atoms with Crippen LogP contribution in [0, 0.1) is 5.82 Å².